The number of alkyl halides is 9. The number of aliphatic carboxylic acids is 1. The molecule has 2 saturated carbocycles. The highest BCUT2D eigenvalue weighted by atomic mass is 19.4. The largest absolute Gasteiger partial charge is 0.508 e. The minimum absolute atomic E-state index is 0.0695. The average Bonchev–Trinajstić information content (AvgIpc) is 3.24. The van der Waals surface area contributed by atoms with Crippen LogP contribution in [-0.2, 0) is 4.79 Å². The van der Waals surface area contributed by atoms with Gasteiger partial charge in [0.2, 0.25) is 0 Å². The number of phenols is 1. The number of aliphatic hydroxyl groups is 2. The fourth-order valence-corrected chi connectivity index (χ4v) is 8.81. The maximum atomic E-state index is 13.9. The van der Waals surface area contributed by atoms with E-state index in [0.29, 0.717) is 32.1 Å². The van der Waals surface area contributed by atoms with Gasteiger partial charge in [-0.1, -0.05) is 58.1 Å². The summed E-state index contributed by atoms with van der Waals surface area (Å²) in [5.41, 5.74) is 2.33. The fraction of sp³-hybridized carbons (Fsp3) is 0.743. The molecule has 3 aliphatic rings. The number of hydrogen-bond donors (Lipinski definition) is 4. The zero-order chi connectivity index (χ0) is 36.7. The van der Waals surface area contributed by atoms with Crippen LogP contribution < -0.4 is 0 Å². The van der Waals surface area contributed by atoms with E-state index in [0.717, 1.165) is 42.4 Å². The van der Waals surface area contributed by atoms with Gasteiger partial charge in [0.25, 0.3) is 0 Å². The quantitative estimate of drug-likeness (QED) is 0.0824. The lowest BCUT2D eigenvalue weighted by molar-refractivity contribution is -0.396. The average molecular weight is 717 g/mol. The van der Waals surface area contributed by atoms with Gasteiger partial charge in [-0.3, -0.25) is 4.79 Å². The Balaban J connectivity index is 1.28. The number of hydrogen-bond acceptors (Lipinski definition) is 4. The molecule has 4 N–H and O–H groups in total. The highest BCUT2D eigenvalue weighted by molar-refractivity contribution is 5.69. The number of rotatable bonds is 15. The number of aromatic hydroxyl groups is 1. The van der Waals surface area contributed by atoms with E-state index >= 15 is 0 Å². The van der Waals surface area contributed by atoms with Crippen LogP contribution in [0.3, 0.4) is 0 Å². The summed E-state index contributed by atoms with van der Waals surface area (Å²) in [6, 6.07) is 5.13. The third kappa shape index (κ3) is 7.32. The number of aliphatic hydroxyl groups excluding tert-OH is 2. The number of phenolic OH excluding ortho intramolecular Hbond substituents is 1. The van der Waals surface area contributed by atoms with Gasteiger partial charge < -0.3 is 20.4 Å². The van der Waals surface area contributed by atoms with E-state index < -0.39 is 60.9 Å². The molecule has 0 aromatic heterocycles. The molecule has 0 aliphatic heterocycles. The predicted octanol–water partition coefficient (Wildman–Crippen LogP) is 9.56. The first kappa shape index (κ1) is 39.3. The maximum absolute atomic E-state index is 13.9. The smallest absolute Gasteiger partial charge is 0.460 e. The van der Waals surface area contributed by atoms with Crippen LogP contribution in [-0.4, -0.2) is 56.4 Å². The summed E-state index contributed by atoms with van der Waals surface area (Å²) in [6.45, 7) is 6.34. The van der Waals surface area contributed by atoms with Crippen LogP contribution in [0, 0.1) is 29.1 Å². The normalized spacial score (nSPS) is 29.7. The Hall–Kier alpha value is -2.48. The highest BCUT2D eigenvalue weighted by Crippen LogP contribution is 2.65. The zero-order valence-corrected chi connectivity index (χ0v) is 27.3. The first-order valence-corrected chi connectivity index (χ1v) is 16.9. The molecule has 0 spiro atoms. The zero-order valence-electron chi connectivity index (χ0n) is 27.3. The summed E-state index contributed by atoms with van der Waals surface area (Å²) < 4.78 is 118. The molecule has 0 saturated heterocycles. The monoisotopic (exact) mass is 716 g/mol. The van der Waals surface area contributed by atoms with Gasteiger partial charge in [-0.25, -0.2) is 0 Å². The van der Waals surface area contributed by atoms with Crippen molar-refractivity contribution in [2.75, 3.05) is 0 Å². The van der Waals surface area contributed by atoms with Crippen molar-refractivity contribution in [1.82, 2.24) is 0 Å². The Morgan fingerprint density at radius 1 is 0.918 bits per heavy atom. The van der Waals surface area contributed by atoms with Crippen LogP contribution in [0.25, 0.3) is 0 Å². The minimum atomic E-state index is -7.00. The molecule has 0 heterocycles. The molecule has 1 aromatic rings. The molecular weight excluding hydrogens is 671 g/mol. The van der Waals surface area contributed by atoms with E-state index in [-0.39, 0.29) is 47.7 Å². The molecule has 8 atom stereocenters. The Bertz CT molecular complexity index is 1350. The summed E-state index contributed by atoms with van der Waals surface area (Å²) in [5.74, 6) is -22.5. The lowest BCUT2D eigenvalue weighted by Crippen LogP contribution is -2.60. The molecule has 5 nitrogen and oxygen atoms in total. The van der Waals surface area contributed by atoms with E-state index in [9.17, 15) is 64.7 Å². The van der Waals surface area contributed by atoms with Crippen LogP contribution >= 0.6 is 0 Å². The summed E-state index contributed by atoms with van der Waals surface area (Å²) in [4.78, 5) is 11.5. The first-order valence-electron chi connectivity index (χ1n) is 16.9. The van der Waals surface area contributed by atoms with Crippen molar-refractivity contribution < 1.29 is 64.7 Å². The molecule has 2 fully saturated rings. The molecule has 3 aliphatic carbocycles. The van der Waals surface area contributed by atoms with Crippen molar-refractivity contribution >= 4 is 5.97 Å². The Kier molecular flexibility index (Phi) is 11.4. The number of carbonyl (C=O) groups is 1. The van der Waals surface area contributed by atoms with Crippen molar-refractivity contribution in [3.8, 4) is 5.75 Å². The number of carboxylic acid groups (broad SMARTS) is 1. The highest BCUT2D eigenvalue weighted by Gasteiger charge is 2.81. The molecule has 1 aromatic carbocycles. The Labute approximate surface area is 279 Å². The van der Waals surface area contributed by atoms with Gasteiger partial charge in [-0.2, -0.15) is 39.5 Å². The molecule has 0 bridgehead atoms. The minimum Gasteiger partial charge on any atom is -0.508 e. The number of fused-ring (bicyclic) bond motifs is 5. The molecule has 14 heteroatoms. The van der Waals surface area contributed by atoms with Crippen molar-refractivity contribution in [1.29, 1.82) is 0 Å². The van der Waals surface area contributed by atoms with Gasteiger partial charge >= 0.3 is 29.9 Å². The third-order valence-electron chi connectivity index (χ3n) is 11.7. The number of unbranched alkanes of at least 4 members (excludes halogenated alkanes) is 5. The number of benzene rings is 1. The summed E-state index contributed by atoms with van der Waals surface area (Å²) in [7, 11) is 0. The van der Waals surface area contributed by atoms with Crippen LogP contribution in [0.4, 0.5) is 39.5 Å². The van der Waals surface area contributed by atoms with Gasteiger partial charge in [-0.05, 0) is 96.4 Å². The second kappa shape index (κ2) is 14.3. The summed E-state index contributed by atoms with van der Waals surface area (Å²) >= 11 is 0. The number of halogens is 9. The lowest BCUT2D eigenvalue weighted by atomic mass is 9.51. The standard InChI is InChI=1S/C35H45F9O5/c1-19-27(46)18-26-28-23(14-15-31(19,26)2)22-12-11-21(45)17-25(22)29(47)24(28)10-8-6-4-3-5-7-9-20(30(48)49)13-16-32(36,37)33(38,39)34(40,41)35(42,43)44/h11-12,17,20,23-24,26-29,45-47H,1,3-10,13-16,18H2,2H3,(H,48,49)/t20?,23?,24?,26?,27-,28?,29+,31-/m1/s1. The van der Waals surface area contributed by atoms with Crippen molar-refractivity contribution in [3.05, 3.63) is 41.5 Å². The summed E-state index contributed by atoms with van der Waals surface area (Å²) in [5, 5.41) is 41.8. The summed E-state index contributed by atoms with van der Waals surface area (Å²) in [6.07, 6.45) is -5.50. The molecule has 4 rings (SSSR count). The van der Waals surface area contributed by atoms with E-state index in [1.54, 1.807) is 12.1 Å². The van der Waals surface area contributed by atoms with E-state index in [2.05, 4.69) is 13.5 Å². The van der Waals surface area contributed by atoms with Gasteiger partial charge in [0.1, 0.15) is 5.75 Å². The lowest BCUT2D eigenvalue weighted by Gasteiger charge is -2.53. The first-order chi connectivity index (χ1) is 22.6. The second-order valence-electron chi connectivity index (χ2n) is 14.6. The molecule has 278 valence electrons. The topological polar surface area (TPSA) is 98.0 Å². The molecule has 0 amide bonds. The van der Waals surface area contributed by atoms with Crippen LogP contribution in [0.2, 0.25) is 0 Å². The van der Waals surface area contributed by atoms with Gasteiger partial charge in [0.05, 0.1) is 18.1 Å². The van der Waals surface area contributed by atoms with Gasteiger partial charge in [0.15, 0.2) is 0 Å². The van der Waals surface area contributed by atoms with Gasteiger partial charge in [0, 0.05) is 6.42 Å². The molecule has 49 heavy (non-hydrogen) atoms. The Morgan fingerprint density at radius 3 is 2.14 bits per heavy atom. The van der Waals surface area contributed by atoms with Crippen LogP contribution in [0.5, 0.6) is 5.75 Å². The number of carboxylic acids is 1. The predicted molar refractivity (Wildman–Crippen MR) is 162 cm³/mol. The van der Waals surface area contributed by atoms with Crippen LogP contribution in [0.1, 0.15) is 114 Å². The van der Waals surface area contributed by atoms with Crippen molar-refractivity contribution in [2.24, 2.45) is 29.1 Å². The van der Waals surface area contributed by atoms with E-state index in [4.69, 9.17) is 0 Å². The fourth-order valence-electron chi connectivity index (χ4n) is 8.81. The Morgan fingerprint density at radius 2 is 1.53 bits per heavy atom. The molecular formula is C35H45F9O5. The van der Waals surface area contributed by atoms with Crippen molar-refractivity contribution in [3.63, 3.8) is 0 Å². The second-order valence-corrected chi connectivity index (χ2v) is 14.6. The maximum Gasteiger partial charge on any atom is 0.460 e. The van der Waals surface area contributed by atoms with Gasteiger partial charge in [-0.15, -0.1) is 0 Å². The van der Waals surface area contributed by atoms with Crippen molar-refractivity contribution in [2.45, 2.75) is 132 Å². The molecule has 5 unspecified atom stereocenters. The van der Waals surface area contributed by atoms with E-state index in [1.807, 2.05) is 6.07 Å². The van der Waals surface area contributed by atoms with Crippen LogP contribution in [0.15, 0.2) is 30.4 Å². The van der Waals surface area contributed by atoms with E-state index in [1.165, 1.54) is 0 Å². The third-order valence-corrected chi connectivity index (χ3v) is 11.7. The molecule has 0 radical (unpaired) electrons. The SMILES string of the molecule is C=C1[C@H](O)CC2C3C(CC[C@]12C)c1ccc(O)cc1[C@@H](O)C3CCCCCCCCC(CCC(F)(F)C(F)(F)C(F)(F)C(F)(F)F)C(=O)O.